The minimum absolute atomic E-state index is 0.116. The molecule has 0 amide bonds. The molecular formula is C10H21NOS. The molecule has 0 saturated carbocycles. The molecule has 0 atom stereocenters. The zero-order chi connectivity index (χ0) is 10.3. The Kier molecular flexibility index (Phi) is 3.01. The van der Waals surface area contributed by atoms with Gasteiger partial charge in [0.15, 0.2) is 0 Å². The number of rotatable bonds is 1. The third-order valence-corrected chi connectivity index (χ3v) is 3.50. The highest BCUT2D eigenvalue weighted by Crippen LogP contribution is 2.39. The summed E-state index contributed by atoms with van der Waals surface area (Å²) in [5, 5.41) is 11.5. The van der Waals surface area contributed by atoms with Crippen LogP contribution in [0.25, 0.3) is 0 Å². The molecule has 2 nitrogen and oxygen atoms in total. The summed E-state index contributed by atoms with van der Waals surface area (Å²) in [5.41, 5.74) is -0.232. The average Bonchev–Trinajstić information content (AvgIpc) is 1.99. The van der Waals surface area contributed by atoms with Gasteiger partial charge in [-0.2, -0.15) is 17.7 Å². The molecule has 1 fully saturated rings. The second-order valence-corrected chi connectivity index (χ2v) is 5.76. The van der Waals surface area contributed by atoms with Gasteiger partial charge in [0.25, 0.3) is 0 Å². The Labute approximate surface area is 86.7 Å². The summed E-state index contributed by atoms with van der Waals surface area (Å²) >= 11 is 4.35. The first-order valence-corrected chi connectivity index (χ1v) is 5.53. The van der Waals surface area contributed by atoms with E-state index in [1.165, 1.54) is 5.06 Å². The molecule has 1 heterocycles. The molecule has 0 unspecified atom stereocenters. The molecule has 0 spiro atoms. The molecule has 1 aliphatic rings. The molecule has 0 aliphatic carbocycles. The van der Waals surface area contributed by atoms with Crippen molar-refractivity contribution in [3.8, 4) is 0 Å². The van der Waals surface area contributed by atoms with Crippen molar-refractivity contribution >= 4 is 12.6 Å². The first kappa shape index (κ1) is 11.3. The number of thiol groups is 1. The van der Waals surface area contributed by atoms with Gasteiger partial charge in [0.05, 0.1) is 0 Å². The number of hydrogen-bond acceptors (Lipinski definition) is 3. The Bertz CT molecular complexity index is 173. The smallest absolute Gasteiger partial charge is 0.0413 e. The van der Waals surface area contributed by atoms with E-state index in [9.17, 15) is 5.21 Å². The van der Waals surface area contributed by atoms with Crippen molar-refractivity contribution in [1.82, 2.24) is 5.06 Å². The fraction of sp³-hybridized carbons (Fsp3) is 1.00. The molecule has 1 aliphatic heterocycles. The van der Waals surface area contributed by atoms with Crippen LogP contribution in [0.15, 0.2) is 0 Å². The maximum atomic E-state index is 9.99. The van der Waals surface area contributed by atoms with Gasteiger partial charge in [-0.1, -0.05) is 0 Å². The van der Waals surface area contributed by atoms with Crippen LogP contribution in [0.1, 0.15) is 40.5 Å². The van der Waals surface area contributed by atoms with E-state index in [0.717, 1.165) is 18.6 Å². The summed E-state index contributed by atoms with van der Waals surface area (Å²) in [6, 6.07) is 0. The predicted octanol–water partition coefficient (Wildman–Crippen LogP) is 2.57. The SMILES string of the molecule is CC1(C)CC(CS)CC(C)(C)N1O. The van der Waals surface area contributed by atoms with Crippen molar-refractivity contribution in [2.45, 2.75) is 51.6 Å². The Morgan fingerprint density at radius 2 is 1.62 bits per heavy atom. The summed E-state index contributed by atoms with van der Waals surface area (Å²) < 4.78 is 0. The maximum Gasteiger partial charge on any atom is 0.0413 e. The van der Waals surface area contributed by atoms with Crippen LogP contribution >= 0.6 is 12.6 Å². The summed E-state index contributed by atoms with van der Waals surface area (Å²) in [4.78, 5) is 0. The van der Waals surface area contributed by atoms with Gasteiger partial charge in [0.2, 0.25) is 0 Å². The van der Waals surface area contributed by atoms with Crippen LogP contribution in [0.4, 0.5) is 0 Å². The monoisotopic (exact) mass is 203 g/mol. The summed E-state index contributed by atoms with van der Waals surface area (Å²) in [7, 11) is 0. The second kappa shape index (κ2) is 3.44. The minimum Gasteiger partial charge on any atom is -0.313 e. The van der Waals surface area contributed by atoms with E-state index in [0.29, 0.717) is 5.92 Å². The predicted molar refractivity (Wildman–Crippen MR) is 58.4 cm³/mol. The fourth-order valence-corrected chi connectivity index (χ4v) is 2.86. The molecule has 13 heavy (non-hydrogen) atoms. The Morgan fingerprint density at radius 3 is 1.92 bits per heavy atom. The first-order chi connectivity index (χ1) is 5.79. The van der Waals surface area contributed by atoms with Gasteiger partial charge in [-0.15, -0.1) is 0 Å². The fourth-order valence-electron chi connectivity index (χ4n) is 2.61. The number of nitrogens with zero attached hydrogens (tertiary/aromatic N) is 1. The lowest BCUT2D eigenvalue weighted by molar-refractivity contribution is -0.249. The first-order valence-electron chi connectivity index (χ1n) is 4.90. The van der Waals surface area contributed by atoms with Crippen LogP contribution in [0.2, 0.25) is 0 Å². The highest BCUT2D eigenvalue weighted by molar-refractivity contribution is 7.80. The average molecular weight is 203 g/mol. The molecule has 1 rings (SSSR count). The van der Waals surface area contributed by atoms with Gasteiger partial charge in [-0.25, -0.2) is 0 Å². The summed E-state index contributed by atoms with van der Waals surface area (Å²) in [6.07, 6.45) is 2.05. The van der Waals surface area contributed by atoms with E-state index in [-0.39, 0.29) is 11.1 Å². The molecule has 0 aromatic rings. The van der Waals surface area contributed by atoms with Crippen molar-refractivity contribution in [1.29, 1.82) is 0 Å². The van der Waals surface area contributed by atoms with Crippen LogP contribution in [0.3, 0.4) is 0 Å². The van der Waals surface area contributed by atoms with E-state index >= 15 is 0 Å². The minimum atomic E-state index is -0.116. The van der Waals surface area contributed by atoms with Crippen LogP contribution in [0.5, 0.6) is 0 Å². The van der Waals surface area contributed by atoms with Gasteiger partial charge in [-0.05, 0) is 52.2 Å². The second-order valence-electron chi connectivity index (χ2n) is 5.39. The van der Waals surface area contributed by atoms with Crippen LogP contribution in [-0.2, 0) is 0 Å². The van der Waals surface area contributed by atoms with Crippen LogP contribution in [-0.4, -0.2) is 27.1 Å². The van der Waals surface area contributed by atoms with E-state index in [2.05, 4.69) is 40.3 Å². The summed E-state index contributed by atoms with van der Waals surface area (Å²) in [6.45, 7) is 8.35. The molecule has 0 radical (unpaired) electrons. The highest BCUT2D eigenvalue weighted by atomic mass is 32.1. The van der Waals surface area contributed by atoms with E-state index < -0.39 is 0 Å². The molecule has 0 bridgehead atoms. The van der Waals surface area contributed by atoms with Crippen LogP contribution in [0, 0.1) is 5.92 Å². The van der Waals surface area contributed by atoms with Crippen LogP contribution < -0.4 is 0 Å². The largest absolute Gasteiger partial charge is 0.313 e. The highest BCUT2D eigenvalue weighted by Gasteiger charge is 2.44. The molecular weight excluding hydrogens is 182 g/mol. The Hall–Kier alpha value is 0.270. The van der Waals surface area contributed by atoms with Crippen molar-refractivity contribution < 1.29 is 5.21 Å². The number of hydrogen-bond donors (Lipinski definition) is 2. The van der Waals surface area contributed by atoms with Gasteiger partial charge >= 0.3 is 0 Å². The summed E-state index contributed by atoms with van der Waals surface area (Å²) in [5.74, 6) is 1.54. The maximum absolute atomic E-state index is 9.99. The normalized spacial score (nSPS) is 29.1. The zero-order valence-corrected chi connectivity index (χ0v) is 9.93. The zero-order valence-electron chi connectivity index (χ0n) is 9.04. The topological polar surface area (TPSA) is 23.5 Å². The van der Waals surface area contributed by atoms with Gasteiger partial charge < -0.3 is 5.21 Å². The van der Waals surface area contributed by atoms with Crippen molar-refractivity contribution in [3.63, 3.8) is 0 Å². The molecule has 78 valence electrons. The third kappa shape index (κ3) is 2.20. The van der Waals surface area contributed by atoms with Crippen molar-refractivity contribution in [2.75, 3.05) is 5.75 Å². The van der Waals surface area contributed by atoms with Crippen molar-refractivity contribution in [3.05, 3.63) is 0 Å². The lowest BCUT2D eigenvalue weighted by atomic mass is 9.76. The van der Waals surface area contributed by atoms with Gasteiger partial charge in [0, 0.05) is 11.1 Å². The van der Waals surface area contributed by atoms with E-state index in [1.807, 2.05) is 0 Å². The Morgan fingerprint density at radius 1 is 1.23 bits per heavy atom. The molecule has 0 aromatic carbocycles. The van der Waals surface area contributed by atoms with E-state index in [1.54, 1.807) is 0 Å². The quantitative estimate of drug-likeness (QED) is 0.640. The van der Waals surface area contributed by atoms with E-state index in [4.69, 9.17) is 0 Å². The number of piperidine rings is 1. The Balaban J connectivity index is 2.82. The number of hydroxylamine groups is 2. The molecule has 1 N–H and O–H groups in total. The third-order valence-electron chi connectivity index (χ3n) is 2.98. The molecule has 3 heteroatoms. The lowest BCUT2D eigenvalue weighted by Crippen LogP contribution is -2.59. The lowest BCUT2D eigenvalue weighted by Gasteiger charge is -2.51. The van der Waals surface area contributed by atoms with Gasteiger partial charge in [-0.3, -0.25) is 0 Å². The van der Waals surface area contributed by atoms with Gasteiger partial charge in [0.1, 0.15) is 0 Å². The van der Waals surface area contributed by atoms with Crippen molar-refractivity contribution in [2.24, 2.45) is 5.92 Å². The molecule has 0 aromatic heterocycles. The standard InChI is InChI=1S/C10H21NOS/c1-9(2)5-8(7-13)6-10(3,4)11(9)12/h8,12-13H,5-7H2,1-4H3. The molecule has 1 saturated heterocycles.